The molecule has 120 valence electrons. The number of hydrogen-bond acceptors (Lipinski definition) is 4. The first-order valence-electron chi connectivity index (χ1n) is 6.49. The number of carbonyl (C=O) groups excluding carboxylic acids is 1. The Morgan fingerprint density at radius 1 is 1.41 bits per heavy atom. The van der Waals surface area contributed by atoms with Crippen LogP contribution >= 0.6 is 0 Å². The van der Waals surface area contributed by atoms with Crippen LogP contribution in [0, 0.1) is 5.92 Å². The Balaban J connectivity index is 2.85. The molecule has 0 saturated heterocycles. The van der Waals surface area contributed by atoms with Crippen LogP contribution in [0.5, 0.6) is 0 Å². The van der Waals surface area contributed by atoms with Crippen molar-refractivity contribution in [1.29, 1.82) is 0 Å². The molecule has 0 aliphatic rings. The van der Waals surface area contributed by atoms with E-state index in [1.807, 2.05) is 0 Å². The van der Waals surface area contributed by atoms with Gasteiger partial charge < -0.3 is 10.4 Å². The van der Waals surface area contributed by atoms with Crippen LogP contribution in [0.4, 0.5) is 0 Å². The van der Waals surface area contributed by atoms with Gasteiger partial charge in [0.2, 0.25) is 10.0 Å². The van der Waals surface area contributed by atoms with E-state index in [1.54, 1.807) is 0 Å². The van der Waals surface area contributed by atoms with E-state index in [9.17, 15) is 18.0 Å². The number of amides is 1. The standard InChI is InChI=1S/C14H18N2O5S/c1-3-7-16-22(20,21)12-6-4-5-11(8-12)13(17)15-9-10(2)14(18)19/h3-6,8,10,16H,1,7,9H2,2H3,(H,15,17)(H,18,19). The summed E-state index contributed by atoms with van der Waals surface area (Å²) in [5.74, 6) is -2.29. The van der Waals surface area contributed by atoms with Crippen LogP contribution in [-0.2, 0) is 14.8 Å². The lowest BCUT2D eigenvalue weighted by Gasteiger charge is -2.10. The zero-order chi connectivity index (χ0) is 16.8. The molecule has 0 bridgehead atoms. The van der Waals surface area contributed by atoms with Gasteiger partial charge >= 0.3 is 5.97 Å². The van der Waals surface area contributed by atoms with Crippen molar-refractivity contribution in [3.8, 4) is 0 Å². The summed E-state index contributed by atoms with van der Waals surface area (Å²) in [6.07, 6.45) is 1.40. The van der Waals surface area contributed by atoms with Crippen LogP contribution in [0.1, 0.15) is 17.3 Å². The molecule has 1 atom stereocenters. The zero-order valence-corrected chi connectivity index (χ0v) is 12.9. The summed E-state index contributed by atoms with van der Waals surface area (Å²) in [5.41, 5.74) is 0.138. The molecule has 0 aromatic heterocycles. The number of aliphatic carboxylic acids is 1. The smallest absolute Gasteiger partial charge is 0.308 e. The highest BCUT2D eigenvalue weighted by Gasteiger charge is 2.17. The maximum atomic E-state index is 12.0. The van der Waals surface area contributed by atoms with E-state index in [2.05, 4.69) is 16.6 Å². The number of rotatable bonds is 8. The van der Waals surface area contributed by atoms with Crippen molar-refractivity contribution in [2.45, 2.75) is 11.8 Å². The summed E-state index contributed by atoms with van der Waals surface area (Å²) in [6, 6.07) is 5.49. The fraction of sp³-hybridized carbons (Fsp3) is 0.286. The molecular weight excluding hydrogens is 308 g/mol. The molecule has 1 aromatic carbocycles. The highest BCUT2D eigenvalue weighted by molar-refractivity contribution is 7.89. The lowest BCUT2D eigenvalue weighted by Crippen LogP contribution is -2.31. The minimum atomic E-state index is -3.72. The first kappa shape index (κ1) is 17.9. The molecule has 0 saturated carbocycles. The molecule has 0 fully saturated rings. The number of nitrogens with one attached hydrogen (secondary N) is 2. The Kier molecular flexibility index (Phi) is 6.26. The highest BCUT2D eigenvalue weighted by Crippen LogP contribution is 2.11. The highest BCUT2D eigenvalue weighted by atomic mass is 32.2. The lowest BCUT2D eigenvalue weighted by molar-refractivity contribution is -0.140. The van der Waals surface area contributed by atoms with Gasteiger partial charge in [-0.2, -0.15) is 0 Å². The van der Waals surface area contributed by atoms with Gasteiger partial charge in [0.1, 0.15) is 0 Å². The van der Waals surface area contributed by atoms with Crippen molar-refractivity contribution in [3.63, 3.8) is 0 Å². The lowest BCUT2D eigenvalue weighted by atomic mass is 10.1. The summed E-state index contributed by atoms with van der Waals surface area (Å²) in [7, 11) is -3.72. The molecule has 3 N–H and O–H groups in total. The molecule has 0 spiro atoms. The van der Waals surface area contributed by atoms with E-state index in [4.69, 9.17) is 5.11 Å². The first-order valence-corrected chi connectivity index (χ1v) is 7.98. The van der Waals surface area contributed by atoms with Gasteiger partial charge in [-0.1, -0.05) is 19.1 Å². The third-order valence-corrected chi connectivity index (χ3v) is 4.24. The predicted octanol–water partition coefficient (Wildman–Crippen LogP) is 0.601. The van der Waals surface area contributed by atoms with E-state index in [0.717, 1.165) is 0 Å². The number of carboxylic acids is 1. The Morgan fingerprint density at radius 2 is 2.09 bits per heavy atom. The van der Waals surface area contributed by atoms with Crippen LogP contribution in [0.2, 0.25) is 0 Å². The van der Waals surface area contributed by atoms with Crippen LogP contribution < -0.4 is 10.0 Å². The molecular formula is C14H18N2O5S. The maximum Gasteiger partial charge on any atom is 0.308 e. The van der Waals surface area contributed by atoms with Crippen LogP contribution in [-0.4, -0.2) is 38.5 Å². The van der Waals surface area contributed by atoms with Crippen molar-refractivity contribution in [2.75, 3.05) is 13.1 Å². The second kappa shape index (κ2) is 7.71. The molecule has 1 aromatic rings. The van der Waals surface area contributed by atoms with Gasteiger partial charge in [0.15, 0.2) is 0 Å². The topological polar surface area (TPSA) is 113 Å². The van der Waals surface area contributed by atoms with Crippen LogP contribution in [0.25, 0.3) is 0 Å². The van der Waals surface area contributed by atoms with Crippen molar-refractivity contribution in [3.05, 3.63) is 42.5 Å². The fourth-order valence-corrected chi connectivity index (χ4v) is 2.54. The molecule has 0 heterocycles. The van der Waals surface area contributed by atoms with Crippen molar-refractivity contribution in [2.24, 2.45) is 5.92 Å². The second-order valence-corrected chi connectivity index (χ2v) is 6.38. The quantitative estimate of drug-likeness (QED) is 0.606. The average Bonchev–Trinajstić information content (AvgIpc) is 2.50. The molecule has 1 amide bonds. The third-order valence-electron chi connectivity index (χ3n) is 2.81. The fourth-order valence-electron chi connectivity index (χ4n) is 1.49. The van der Waals surface area contributed by atoms with Gasteiger partial charge in [-0.15, -0.1) is 6.58 Å². The third kappa shape index (κ3) is 4.97. The monoisotopic (exact) mass is 326 g/mol. The van der Waals surface area contributed by atoms with Gasteiger partial charge in [0, 0.05) is 18.7 Å². The number of benzene rings is 1. The van der Waals surface area contributed by atoms with E-state index in [-0.39, 0.29) is 23.5 Å². The van der Waals surface area contributed by atoms with Crippen LogP contribution in [0.15, 0.2) is 41.8 Å². The van der Waals surface area contributed by atoms with Crippen molar-refractivity contribution in [1.82, 2.24) is 10.0 Å². The summed E-state index contributed by atoms with van der Waals surface area (Å²) in [6.45, 7) is 4.92. The number of hydrogen-bond donors (Lipinski definition) is 3. The molecule has 0 radical (unpaired) electrons. The first-order chi connectivity index (χ1) is 10.3. The van der Waals surface area contributed by atoms with Gasteiger partial charge in [0.05, 0.1) is 10.8 Å². The van der Waals surface area contributed by atoms with E-state index < -0.39 is 27.8 Å². The van der Waals surface area contributed by atoms with Gasteiger partial charge in [-0.3, -0.25) is 9.59 Å². The second-order valence-electron chi connectivity index (χ2n) is 4.62. The molecule has 7 nitrogen and oxygen atoms in total. The number of carbonyl (C=O) groups is 2. The van der Waals surface area contributed by atoms with Crippen LogP contribution in [0.3, 0.4) is 0 Å². The Morgan fingerprint density at radius 3 is 2.68 bits per heavy atom. The molecule has 0 aliphatic carbocycles. The Labute approximate surface area is 129 Å². The Hall–Kier alpha value is -2.19. The molecule has 1 unspecified atom stereocenters. The summed E-state index contributed by atoms with van der Waals surface area (Å²) < 4.78 is 26.2. The van der Waals surface area contributed by atoms with E-state index >= 15 is 0 Å². The van der Waals surface area contributed by atoms with E-state index in [1.165, 1.54) is 37.3 Å². The number of carboxylic acid groups (broad SMARTS) is 1. The zero-order valence-electron chi connectivity index (χ0n) is 12.1. The summed E-state index contributed by atoms with van der Waals surface area (Å²) in [5, 5.41) is 11.2. The average molecular weight is 326 g/mol. The maximum absolute atomic E-state index is 12.0. The summed E-state index contributed by atoms with van der Waals surface area (Å²) >= 11 is 0. The number of sulfonamides is 1. The molecule has 1 rings (SSSR count). The SMILES string of the molecule is C=CCNS(=O)(=O)c1cccc(C(=O)NCC(C)C(=O)O)c1. The van der Waals surface area contributed by atoms with Crippen molar-refractivity contribution < 1.29 is 23.1 Å². The van der Waals surface area contributed by atoms with Gasteiger partial charge in [0.25, 0.3) is 5.91 Å². The molecule has 8 heteroatoms. The summed E-state index contributed by atoms with van der Waals surface area (Å²) in [4.78, 5) is 22.6. The minimum absolute atomic E-state index is 0.0418. The Bertz CT molecular complexity index is 670. The van der Waals surface area contributed by atoms with Crippen molar-refractivity contribution >= 4 is 21.9 Å². The predicted molar refractivity (Wildman–Crippen MR) is 81.0 cm³/mol. The molecule has 0 aliphatic heterocycles. The van der Waals surface area contributed by atoms with Gasteiger partial charge in [-0.05, 0) is 18.2 Å². The largest absolute Gasteiger partial charge is 0.481 e. The normalized spacial score (nSPS) is 12.4. The minimum Gasteiger partial charge on any atom is -0.481 e. The molecule has 22 heavy (non-hydrogen) atoms. The van der Waals surface area contributed by atoms with Gasteiger partial charge in [-0.25, -0.2) is 13.1 Å². The van der Waals surface area contributed by atoms with E-state index in [0.29, 0.717) is 0 Å².